The number of aromatic nitrogens is 4. The highest BCUT2D eigenvalue weighted by atomic mass is 32.2. The van der Waals surface area contributed by atoms with Crippen LogP contribution in [0.2, 0.25) is 0 Å². The lowest BCUT2D eigenvalue weighted by molar-refractivity contribution is -0.114. The van der Waals surface area contributed by atoms with E-state index in [-0.39, 0.29) is 16.8 Å². The van der Waals surface area contributed by atoms with Gasteiger partial charge >= 0.3 is 0 Å². The van der Waals surface area contributed by atoms with Crippen LogP contribution in [0.4, 0.5) is 17.3 Å². The smallest absolute Gasteiger partial charge is 0.257 e. The van der Waals surface area contributed by atoms with Crippen molar-refractivity contribution in [1.82, 2.24) is 19.9 Å². The summed E-state index contributed by atoms with van der Waals surface area (Å²) in [7, 11) is -3.62. The van der Waals surface area contributed by atoms with Gasteiger partial charge in [-0.3, -0.25) is 4.79 Å². The molecule has 5 heterocycles. The van der Waals surface area contributed by atoms with Gasteiger partial charge in [0.1, 0.15) is 23.8 Å². The lowest BCUT2D eigenvalue weighted by Gasteiger charge is -2.31. The maximum Gasteiger partial charge on any atom is 0.257 e. The summed E-state index contributed by atoms with van der Waals surface area (Å²) in [5, 5.41) is 7.56. The van der Waals surface area contributed by atoms with Crippen LogP contribution in [0.15, 0.2) is 52.4 Å². The van der Waals surface area contributed by atoms with Crippen LogP contribution in [0.25, 0.3) is 22.5 Å². The first-order chi connectivity index (χ1) is 18.0. The van der Waals surface area contributed by atoms with Crippen LogP contribution in [-0.4, -0.2) is 52.7 Å². The predicted octanol–water partition coefficient (Wildman–Crippen LogP) is 4.32. The van der Waals surface area contributed by atoms with Crippen LogP contribution >= 0.6 is 11.3 Å². The Hall–Kier alpha value is -4.10. The topological polar surface area (TPSA) is 145 Å². The Morgan fingerprint density at radius 2 is 1.89 bits per heavy atom. The van der Waals surface area contributed by atoms with E-state index in [0.29, 0.717) is 52.3 Å². The molecule has 0 fully saturated rings. The number of ether oxygens (including phenoxy) is 2. The first-order valence-electron chi connectivity index (χ1n) is 11.5. The zero-order valence-electron chi connectivity index (χ0n) is 21.0. The van der Waals surface area contributed by atoms with Gasteiger partial charge in [-0.15, -0.1) is 11.3 Å². The number of amides is 1. The largest absolute Gasteiger partial charge is 0.479 e. The molecule has 13 heteroatoms. The normalized spacial score (nSPS) is 14.1. The molecule has 11 nitrogen and oxygen atoms in total. The molecule has 0 atom stereocenters. The molecule has 0 aromatic carbocycles. The van der Waals surface area contributed by atoms with Gasteiger partial charge in [0.15, 0.2) is 20.6 Å². The van der Waals surface area contributed by atoms with Crippen molar-refractivity contribution in [2.24, 2.45) is 0 Å². The van der Waals surface area contributed by atoms with E-state index in [2.05, 4.69) is 30.6 Å². The third-order valence-corrected chi connectivity index (χ3v) is 6.98. The Morgan fingerprint density at radius 3 is 2.61 bits per heavy atom. The summed E-state index contributed by atoms with van der Waals surface area (Å²) in [6, 6.07) is 8.34. The van der Waals surface area contributed by atoms with Crippen LogP contribution in [0, 0.1) is 0 Å². The molecule has 1 aliphatic heterocycles. The summed E-state index contributed by atoms with van der Waals surface area (Å²) in [5.74, 6) is 1.14. The highest BCUT2D eigenvalue weighted by molar-refractivity contribution is 7.90. The van der Waals surface area contributed by atoms with Crippen molar-refractivity contribution >= 4 is 44.4 Å². The maximum absolute atomic E-state index is 12.4. The molecule has 0 unspecified atom stereocenters. The quantitative estimate of drug-likeness (QED) is 0.355. The van der Waals surface area contributed by atoms with Gasteiger partial charge in [0.25, 0.3) is 5.88 Å². The maximum atomic E-state index is 12.4. The Bertz CT molecular complexity index is 1640. The fourth-order valence-electron chi connectivity index (χ4n) is 3.74. The Morgan fingerprint density at radius 1 is 1.08 bits per heavy atom. The lowest BCUT2D eigenvalue weighted by Crippen LogP contribution is -2.39. The molecular weight excluding hydrogens is 528 g/mol. The number of hydrogen-bond acceptors (Lipinski definition) is 11. The van der Waals surface area contributed by atoms with E-state index in [0.717, 1.165) is 6.26 Å². The number of hydrogen-bond donors (Lipinski definition) is 2. The molecule has 0 spiro atoms. The summed E-state index contributed by atoms with van der Waals surface area (Å²) >= 11 is 1.40. The van der Waals surface area contributed by atoms with Crippen LogP contribution in [0.5, 0.6) is 11.6 Å². The third kappa shape index (κ3) is 5.58. The van der Waals surface area contributed by atoms with Crippen molar-refractivity contribution in [3.05, 3.63) is 47.4 Å². The van der Waals surface area contributed by atoms with Gasteiger partial charge in [-0.1, -0.05) is 0 Å². The molecule has 4 aromatic heterocycles. The molecule has 0 bridgehead atoms. The summed E-state index contributed by atoms with van der Waals surface area (Å²) in [5.41, 5.74) is 3.97. The Balaban J connectivity index is 1.60. The van der Waals surface area contributed by atoms with E-state index in [1.807, 2.05) is 19.2 Å². The highest BCUT2D eigenvalue weighted by Gasteiger charge is 2.29. The summed E-state index contributed by atoms with van der Waals surface area (Å²) in [6.45, 7) is 5.56. The molecule has 1 aliphatic rings. The minimum Gasteiger partial charge on any atom is -0.479 e. The van der Waals surface area contributed by atoms with Crippen molar-refractivity contribution in [2.75, 3.05) is 23.5 Å². The van der Waals surface area contributed by atoms with E-state index in [1.165, 1.54) is 24.3 Å². The monoisotopic (exact) mass is 552 g/mol. The van der Waals surface area contributed by atoms with Gasteiger partial charge in [0.05, 0.1) is 22.6 Å². The molecule has 196 valence electrons. The van der Waals surface area contributed by atoms with Crippen molar-refractivity contribution in [1.29, 1.82) is 0 Å². The van der Waals surface area contributed by atoms with Crippen molar-refractivity contribution in [3.8, 4) is 34.1 Å². The fraction of sp³-hybridized carbons (Fsp3) is 0.240. The minimum absolute atomic E-state index is 0.108. The van der Waals surface area contributed by atoms with Gasteiger partial charge in [-0.05, 0) is 38.1 Å². The number of nitrogens with one attached hydrogen (secondary N) is 2. The van der Waals surface area contributed by atoms with Crippen LogP contribution in [0.3, 0.4) is 0 Å². The second-order valence-electron chi connectivity index (χ2n) is 9.30. The molecule has 4 aromatic rings. The summed E-state index contributed by atoms with van der Waals surface area (Å²) < 4.78 is 36.6. The third-order valence-electron chi connectivity index (χ3n) is 5.42. The summed E-state index contributed by atoms with van der Waals surface area (Å²) in [4.78, 5) is 29.3. The lowest BCUT2D eigenvalue weighted by atomic mass is 10.1. The average Bonchev–Trinajstić information content (AvgIpc) is 3.38. The van der Waals surface area contributed by atoms with Gasteiger partial charge in [-0.2, -0.15) is 0 Å². The van der Waals surface area contributed by atoms with Crippen LogP contribution < -0.4 is 20.1 Å². The van der Waals surface area contributed by atoms with E-state index < -0.39 is 15.4 Å². The van der Waals surface area contributed by atoms with Gasteiger partial charge in [0.2, 0.25) is 5.91 Å². The van der Waals surface area contributed by atoms with E-state index in [4.69, 9.17) is 9.47 Å². The Kier molecular flexibility index (Phi) is 6.49. The van der Waals surface area contributed by atoms with E-state index >= 15 is 0 Å². The number of carbonyl (C=O) groups is 1. The van der Waals surface area contributed by atoms with Crippen LogP contribution in [-0.2, 0) is 14.6 Å². The zero-order valence-corrected chi connectivity index (χ0v) is 22.6. The first kappa shape index (κ1) is 25.5. The minimum atomic E-state index is -3.62. The number of carbonyl (C=O) groups excluding carboxylic acids is 1. The number of sulfone groups is 1. The van der Waals surface area contributed by atoms with Gasteiger partial charge in [0, 0.05) is 41.9 Å². The summed E-state index contributed by atoms with van der Waals surface area (Å²) in [6.07, 6.45) is 2.65. The van der Waals surface area contributed by atoms with Crippen LogP contribution in [0.1, 0.15) is 20.8 Å². The molecule has 2 N–H and O–H groups in total. The standard InChI is InChI=1S/C25H24N6O5S2/c1-14(32)28-21-9-18(16(10-26-21)17-5-6-20-24(30-17)35-12-25(2,3)36-20)29-22-7-15(19-11-37-13-27-19)8-23(31-22)38(4,33)34/h5-11,13H,12H2,1-4H3,(H2,26,28,29,31,32). The number of thiazole rings is 1. The number of nitrogens with zero attached hydrogens (tertiary/aromatic N) is 4. The molecule has 5 rings (SSSR count). The second-order valence-corrected chi connectivity index (χ2v) is 12.0. The first-order valence-corrected chi connectivity index (χ1v) is 14.3. The van der Waals surface area contributed by atoms with Gasteiger partial charge in [-0.25, -0.2) is 28.4 Å². The molecule has 0 saturated carbocycles. The van der Waals surface area contributed by atoms with E-state index in [9.17, 15) is 13.2 Å². The highest BCUT2D eigenvalue weighted by Crippen LogP contribution is 2.38. The van der Waals surface area contributed by atoms with Crippen molar-refractivity contribution < 1.29 is 22.7 Å². The number of fused-ring (bicyclic) bond motifs is 1. The van der Waals surface area contributed by atoms with Gasteiger partial charge < -0.3 is 20.1 Å². The van der Waals surface area contributed by atoms with E-state index in [1.54, 1.807) is 36.0 Å². The van der Waals surface area contributed by atoms with Crippen molar-refractivity contribution in [2.45, 2.75) is 31.4 Å². The number of pyridine rings is 3. The molecule has 0 aliphatic carbocycles. The molecular formula is C25H24N6O5S2. The second kappa shape index (κ2) is 9.65. The van der Waals surface area contributed by atoms with Crippen molar-refractivity contribution in [3.63, 3.8) is 0 Å². The fourth-order valence-corrected chi connectivity index (χ4v) is 4.91. The molecule has 38 heavy (non-hydrogen) atoms. The molecule has 0 radical (unpaired) electrons. The number of rotatable bonds is 6. The predicted molar refractivity (Wildman–Crippen MR) is 144 cm³/mol. The average molecular weight is 553 g/mol. The zero-order chi connectivity index (χ0) is 27.1. The number of anilines is 3. The Labute approximate surface area is 223 Å². The molecule has 0 saturated heterocycles. The molecule has 1 amide bonds. The SMILES string of the molecule is CC(=O)Nc1cc(Nc2cc(-c3cscn3)cc(S(C)(=O)=O)n2)c(-c2ccc3c(n2)OCC(C)(C)O3)cn1.